The highest BCUT2D eigenvalue weighted by molar-refractivity contribution is 5.78. The molecule has 0 saturated heterocycles. The first-order chi connectivity index (χ1) is 8.33. The van der Waals surface area contributed by atoms with Gasteiger partial charge in [-0.3, -0.25) is 4.79 Å². The molecule has 0 aliphatic heterocycles. The van der Waals surface area contributed by atoms with Crippen molar-refractivity contribution in [3.05, 3.63) is 35.9 Å². The van der Waals surface area contributed by atoms with E-state index < -0.39 is 0 Å². The molecule has 94 valence electrons. The quantitative estimate of drug-likeness (QED) is 0.667. The molecular weight excluding hydrogens is 214 g/mol. The number of carbonyl (C=O) groups excluding carboxylic acids is 1. The third-order valence-electron chi connectivity index (χ3n) is 2.51. The van der Waals surface area contributed by atoms with Crippen LogP contribution in [0, 0.1) is 0 Å². The highest BCUT2D eigenvalue weighted by Gasteiger charge is 2.00. The van der Waals surface area contributed by atoms with E-state index in [9.17, 15) is 4.79 Å². The highest BCUT2D eigenvalue weighted by Crippen LogP contribution is 2.02. The molecule has 0 radical (unpaired) electrons. The van der Waals surface area contributed by atoms with Gasteiger partial charge in [-0.25, -0.2) is 0 Å². The summed E-state index contributed by atoms with van der Waals surface area (Å²) in [5.41, 5.74) is 1.18. The second kappa shape index (κ2) is 8.90. The second-order valence-electron chi connectivity index (χ2n) is 4.03. The fraction of sp³-hybridized carbons (Fsp3) is 0.500. The molecule has 1 rings (SSSR count). The predicted octanol–water partition coefficient (Wildman–Crippen LogP) is 2.16. The minimum absolute atomic E-state index is 0.308. The van der Waals surface area contributed by atoms with Gasteiger partial charge in [-0.1, -0.05) is 30.3 Å². The summed E-state index contributed by atoms with van der Waals surface area (Å²) in [5.74, 6) is 0.308. The third-order valence-corrected chi connectivity index (χ3v) is 2.51. The lowest BCUT2D eigenvalue weighted by Crippen LogP contribution is -2.13. The summed E-state index contributed by atoms with van der Waals surface area (Å²) in [6.45, 7) is 2.05. The van der Waals surface area contributed by atoms with Crippen molar-refractivity contribution in [3.63, 3.8) is 0 Å². The number of nitrogens with one attached hydrogen (secondary N) is 1. The van der Waals surface area contributed by atoms with Gasteiger partial charge in [-0.2, -0.15) is 0 Å². The molecule has 17 heavy (non-hydrogen) atoms. The van der Waals surface area contributed by atoms with Crippen molar-refractivity contribution < 1.29 is 9.53 Å². The molecule has 0 aromatic heterocycles. The molecule has 0 bridgehead atoms. The highest BCUT2D eigenvalue weighted by atomic mass is 16.5. The van der Waals surface area contributed by atoms with Gasteiger partial charge in [0.15, 0.2) is 0 Å². The molecule has 1 aromatic carbocycles. The van der Waals surface area contributed by atoms with Gasteiger partial charge < -0.3 is 10.1 Å². The lowest BCUT2D eigenvalue weighted by Gasteiger charge is -2.04. The Balaban J connectivity index is 1.99. The first kappa shape index (κ1) is 13.9. The molecule has 0 aliphatic rings. The number of hydrogen-bond donors (Lipinski definition) is 1. The van der Waals surface area contributed by atoms with Crippen LogP contribution in [-0.4, -0.2) is 26.0 Å². The van der Waals surface area contributed by atoms with E-state index in [1.54, 1.807) is 0 Å². The van der Waals surface area contributed by atoms with Gasteiger partial charge in [0.05, 0.1) is 6.61 Å². The van der Waals surface area contributed by atoms with E-state index in [1.165, 1.54) is 5.56 Å². The summed E-state index contributed by atoms with van der Waals surface area (Å²) in [5, 5.41) is 2.97. The molecule has 0 heterocycles. The summed E-state index contributed by atoms with van der Waals surface area (Å²) in [4.78, 5) is 11.3. The van der Waals surface area contributed by atoms with Gasteiger partial charge >= 0.3 is 0 Å². The molecule has 0 amide bonds. The lowest BCUT2D eigenvalue weighted by atomic mass is 10.2. The maximum atomic E-state index is 11.3. The molecule has 0 atom stereocenters. The predicted molar refractivity (Wildman–Crippen MR) is 68.9 cm³/mol. The van der Waals surface area contributed by atoms with Gasteiger partial charge in [0, 0.05) is 26.0 Å². The Morgan fingerprint density at radius 2 is 2.00 bits per heavy atom. The Morgan fingerprint density at radius 1 is 1.24 bits per heavy atom. The molecule has 0 fully saturated rings. The SMILES string of the molecule is CNCCC(=O)CCCOCc1ccccc1. The number of carbonyl (C=O) groups is 1. The van der Waals surface area contributed by atoms with Crippen LogP contribution < -0.4 is 5.32 Å². The van der Waals surface area contributed by atoms with Crippen LogP contribution in [0.3, 0.4) is 0 Å². The summed E-state index contributed by atoms with van der Waals surface area (Å²) in [6, 6.07) is 10.1. The van der Waals surface area contributed by atoms with Crippen LogP contribution in [0.4, 0.5) is 0 Å². The van der Waals surface area contributed by atoms with Crippen LogP contribution in [0.2, 0.25) is 0 Å². The van der Waals surface area contributed by atoms with Crippen LogP contribution in [0.15, 0.2) is 30.3 Å². The van der Waals surface area contributed by atoms with Crippen molar-refractivity contribution >= 4 is 5.78 Å². The monoisotopic (exact) mass is 235 g/mol. The smallest absolute Gasteiger partial charge is 0.134 e. The fourth-order valence-electron chi connectivity index (χ4n) is 1.53. The average molecular weight is 235 g/mol. The molecule has 0 spiro atoms. The van der Waals surface area contributed by atoms with Crippen molar-refractivity contribution in [2.75, 3.05) is 20.2 Å². The van der Waals surface area contributed by atoms with Crippen LogP contribution in [-0.2, 0) is 16.1 Å². The van der Waals surface area contributed by atoms with Gasteiger partial charge in [0.1, 0.15) is 5.78 Å². The first-order valence-electron chi connectivity index (χ1n) is 6.11. The molecule has 1 N–H and O–H groups in total. The largest absolute Gasteiger partial charge is 0.377 e. The molecule has 3 nitrogen and oxygen atoms in total. The Hall–Kier alpha value is -1.19. The van der Waals surface area contributed by atoms with E-state index in [-0.39, 0.29) is 0 Å². The first-order valence-corrected chi connectivity index (χ1v) is 6.11. The number of rotatable bonds is 9. The third kappa shape index (κ3) is 6.87. The van der Waals surface area contributed by atoms with Gasteiger partial charge in [0.25, 0.3) is 0 Å². The van der Waals surface area contributed by atoms with Crippen LogP contribution in [0.1, 0.15) is 24.8 Å². The zero-order valence-corrected chi connectivity index (χ0v) is 10.4. The number of ketones is 1. The maximum Gasteiger partial charge on any atom is 0.134 e. The zero-order chi connectivity index (χ0) is 12.3. The van der Waals surface area contributed by atoms with Crippen LogP contribution >= 0.6 is 0 Å². The van der Waals surface area contributed by atoms with E-state index in [4.69, 9.17) is 4.74 Å². The second-order valence-corrected chi connectivity index (χ2v) is 4.03. The minimum atomic E-state index is 0.308. The number of ether oxygens (including phenoxy) is 1. The molecular formula is C14H21NO2. The van der Waals surface area contributed by atoms with Crippen molar-refractivity contribution in [1.29, 1.82) is 0 Å². The van der Waals surface area contributed by atoms with Crippen molar-refractivity contribution in [2.45, 2.75) is 25.9 Å². The zero-order valence-electron chi connectivity index (χ0n) is 10.4. The Kier molecular flexibility index (Phi) is 7.27. The summed E-state index contributed by atoms with van der Waals surface area (Å²) in [7, 11) is 1.86. The van der Waals surface area contributed by atoms with Crippen molar-refractivity contribution in [1.82, 2.24) is 5.32 Å². The molecule has 1 aromatic rings. The van der Waals surface area contributed by atoms with E-state index in [2.05, 4.69) is 5.32 Å². The molecule has 0 unspecified atom stereocenters. The van der Waals surface area contributed by atoms with Crippen LogP contribution in [0.25, 0.3) is 0 Å². The Morgan fingerprint density at radius 3 is 2.71 bits per heavy atom. The topological polar surface area (TPSA) is 38.3 Å². The standard InChI is InChI=1S/C14H21NO2/c1-15-10-9-14(16)8-5-11-17-12-13-6-3-2-4-7-13/h2-4,6-7,15H,5,8-12H2,1H3. The minimum Gasteiger partial charge on any atom is -0.377 e. The van der Waals surface area contributed by atoms with Crippen LogP contribution in [0.5, 0.6) is 0 Å². The average Bonchev–Trinajstić information content (AvgIpc) is 2.37. The molecule has 3 heteroatoms. The number of Topliss-reactive ketones (excluding diaryl/α,β-unsaturated/α-hetero) is 1. The lowest BCUT2D eigenvalue weighted by molar-refractivity contribution is -0.119. The van der Waals surface area contributed by atoms with E-state index in [0.29, 0.717) is 31.8 Å². The Bertz CT molecular complexity index is 311. The number of hydrogen-bond acceptors (Lipinski definition) is 3. The van der Waals surface area contributed by atoms with E-state index in [1.807, 2.05) is 37.4 Å². The summed E-state index contributed by atoms with van der Waals surface area (Å²) < 4.78 is 5.51. The molecule has 0 saturated carbocycles. The van der Waals surface area contributed by atoms with Gasteiger partial charge in [-0.05, 0) is 19.0 Å². The van der Waals surface area contributed by atoms with Gasteiger partial charge in [0.2, 0.25) is 0 Å². The van der Waals surface area contributed by atoms with E-state index in [0.717, 1.165) is 13.0 Å². The fourth-order valence-corrected chi connectivity index (χ4v) is 1.53. The van der Waals surface area contributed by atoms with Crippen molar-refractivity contribution in [3.8, 4) is 0 Å². The van der Waals surface area contributed by atoms with Crippen molar-refractivity contribution in [2.24, 2.45) is 0 Å². The number of benzene rings is 1. The maximum absolute atomic E-state index is 11.3. The Labute approximate surface area is 103 Å². The normalized spacial score (nSPS) is 10.4. The summed E-state index contributed by atoms with van der Waals surface area (Å²) in [6.07, 6.45) is 2.06. The molecule has 0 aliphatic carbocycles. The summed E-state index contributed by atoms with van der Waals surface area (Å²) >= 11 is 0. The van der Waals surface area contributed by atoms with Gasteiger partial charge in [-0.15, -0.1) is 0 Å². The van der Waals surface area contributed by atoms with E-state index >= 15 is 0 Å².